The Labute approximate surface area is 187 Å². The molecule has 6 heteroatoms. The molecular weight excluding hydrogens is 409 g/mol. The van der Waals surface area contributed by atoms with Gasteiger partial charge in [-0.1, -0.05) is 30.3 Å². The largest absolute Gasteiger partial charge is 0.466 e. The Bertz CT molecular complexity index is 1100. The Morgan fingerprint density at radius 3 is 2.47 bits per heavy atom. The molecule has 1 fully saturated rings. The van der Waals surface area contributed by atoms with Crippen molar-refractivity contribution < 1.29 is 23.1 Å². The summed E-state index contributed by atoms with van der Waals surface area (Å²) < 4.78 is 24.5. The van der Waals surface area contributed by atoms with E-state index in [2.05, 4.69) is 0 Å². The van der Waals surface area contributed by atoms with Crippen molar-refractivity contribution in [2.75, 3.05) is 19.7 Å². The van der Waals surface area contributed by atoms with Crippen molar-refractivity contribution in [3.05, 3.63) is 71.2 Å². The van der Waals surface area contributed by atoms with Crippen molar-refractivity contribution >= 4 is 22.8 Å². The monoisotopic (exact) mass is 437 g/mol. The average Bonchev–Trinajstić information content (AvgIpc) is 3.15. The van der Waals surface area contributed by atoms with E-state index in [1.54, 1.807) is 19.1 Å². The van der Waals surface area contributed by atoms with Gasteiger partial charge >= 0.3 is 5.97 Å². The molecule has 0 N–H and O–H groups in total. The number of para-hydroxylation sites is 1. The minimum atomic E-state index is -0.301. The van der Waals surface area contributed by atoms with E-state index in [0.29, 0.717) is 31.0 Å². The Kier molecular flexibility index (Phi) is 6.58. The van der Waals surface area contributed by atoms with Crippen LogP contribution in [0.2, 0.25) is 0 Å². The molecule has 32 heavy (non-hydrogen) atoms. The first kappa shape index (κ1) is 22.1. The number of hydrogen-bond acceptors (Lipinski definition) is 4. The van der Waals surface area contributed by atoms with Gasteiger partial charge in [0.15, 0.2) is 5.76 Å². The van der Waals surface area contributed by atoms with Gasteiger partial charge in [-0.15, -0.1) is 0 Å². The predicted octanol–water partition coefficient (Wildman–Crippen LogP) is 5.47. The smallest absolute Gasteiger partial charge is 0.306 e. The van der Waals surface area contributed by atoms with E-state index in [0.717, 1.165) is 29.4 Å². The molecule has 1 aliphatic rings. The van der Waals surface area contributed by atoms with Gasteiger partial charge < -0.3 is 14.1 Å². The van der Waals surface area contributed by atoms with Crippen LogP contribution in [0, 0.1) is 18.7 Å². The first-order valence-corrected chi connectivity index (χ1v) is 11.2. The van der Waals surface area contributed by atoms with Gasteiger partial charge in [-0.3, -0.25) is 9.59 Å². The van der Waals surface area contributed by atoms with Crippen LogP contribution in [-0.2, 0) is 9.53 Å². The van der Waals surface area contributed by atoms with Crippen LogP contribution in [-0.4, -0.2) is 36.5 Å². The number of hydrogen-bond donors (Lipinski definition) is 0. The zero-order chi connectivity index (χ0) is 22.7. The van der Waals surface area contributed by atoms with Crippen molar-refractivity contribution in [1.29, 1.82) is 0 Å². The number of benzene rings is 2. The summed E-state index contributed by atoms with van der Waals surface area (Å²) in [6.07, 6.45) is 1.76. The number of likely N-dealkylation sites (tertiary alicyclic amines) is 1. The van der Waals surface area contributed by atoms with E-state index >= 15 is 0 Å². The van der Waals surface area contributed by atoms with Crippen LogP contribution in [0.3, 0.4) is 0 Å². The quantitative estimate of drug-likeness (QED) is 0.480. The highest BCUT2D eigenvalue weighted by Gasteiger charge is 2.33. The first-order valence-electron chi connectivity index (χ1n) is 11.2. The second kappa shape index (κ2) is 9.55. The summed E-state index contributed by atoms with van der Waals surface area (Å²) in [6, 6.07) is 14.0. The highest BCUT2D eigenvalue weighted by Crippen LogP contribution is 2.36. The molecule has 1 aromatic heterocycles. The fraction of sp³-hybridized carbons (Fsp3) is 0.385. The summed E-state index contributed by atoms with van der Waals surface area (Å²) in [7, 11) is 0. The lowest BCUT2D eigenvalue weighted by atomic mass is 9.78. The van der Waals surface area contributed by atoms with Crippen molar-refractivity contribution in [3.63, 3.8) is 0 Å². The molecule has 1 unspecified atom stereocenters. The van der Waals surface area contributed by atoms with Crippen molar-refractivity contribution in [1.82, 2.24) is 4.90 Å². The minimum Gasteiger partial charge on any atom is -0.466 e. The summed E-state index contributed by atoms with van der Waals surface area (Å²) in [5, 5.41) is 0.955. The molecular formula is C26H28FNO4. The number of nitrogens with zero attached hydrogens (tertiary/aromatic N) is 1. The van der Waals surface area contributed by atoms with Crippen LogP contribution in [0.5, 0.6) is 0 Å². The normalized spacial score (nSPS) is 15.7. The number of piperidine rings is 1. The lowest BCUT2D eigenvalue weighted by Gasteiger charge is -2.36. The number of esters is 1. The molecule has 0 radical (unpaired) electrons. The third-order valence-electron chi connectivity index (χ3n) is 6.42. The molecule has 1 atom stereocenters. The topological polar surface area (TPSA) is 59.8 Å². The number of fused-ring (bicyclic) bond motifs is 1. The van der Waals surface area contributed by atoms with Gasteiger partial charge in [0, 0.05) is 24.0 Å². The van der Waals surface area contributed by atoms with Crippen LogP contribution in [0.4, 0.5) is 4.39 Å². The molecule has 1 saturated heterocycles. The van der Waals surface area contributed by atoms with E-state index in [1.807, 2.05) is 36.1 Å². The Morgan fingerprint density at radius 2 is 1.81 bits per heavy atom. The van der Waals surface area contributed by atoms with E-state index < -0.39 is 0 Å². The number of furan rings is 1. The van der Waals surface area contributed by atoms with Gasteiger partial charge in [-0.05, 0) is 62.3 Å². The number of aryl methyl sites for hydroxylation is 1. The first-order chi connectivity index (χ1) is 15.5. The molecule has 3 aromatic rings. The second-order valence-corrected chi connectivity index (χ2v) is 8.35. The summed E-state index contributed by atoms with van der Waals surface area (Å²) in [6.45, 7) is 5.20. The van der Waals surface area contributed by atoms with Crippen LogP contribution in [0.15, 0.2) is 52.9 Å². The molecule has 1 aliphatic heterocycles. The summed E-state index contributed by atoms with van der Waals surface area (Å²) >= 11 is 0. The molecule has 5 nitrogen and oxygen atoms in total. The molecule has 0 spiro atoms. The Hall–Kier alpha value is -3.15. The lowest BCUT2D eigenvalue weighted by molar-refractivity contribution is -0.144. The number of carbonyl (C=O) groups excluding carboxylic acids is 2. The molecule has 168 valence electrons. The van der Waals surface area contributed by atoms with Crippen LogP contribution >= 0.6 is 0 Å². The molecule has 2 heterocycles. The van der Waals surface area contributed by atoms with E-state index in [4.69, 9.17) is 9.15 Å². The van der Waals surface area contributed by atoms with Crippen molar-refractivity contribution in [3.8, 4) is 0 Å². The zero-order valence-electron chi connectivity index (χ0n) is 18.5. The van der Waals surface area contributed by atoms with Gasteiger partial charge in [0.25, 0.3) is 5.91 Å². The maximum Gasteiger partial charge on any atom is 0.306 e. The molecule has 1 amide bonds. The van der Waals surface area contributed by atoms with Crippen molar-refractivity contribution in [2.24, 2.45) is 5.92 Å². The van der Waals surface area contributed by atoms with Crippen LogP contribution < -0.4 is 0 Å². The summed E-state index contributed by atoms with van der Waals surface area (Å²) in [5.41, 5.74) is 2.51. The SMILES string of the molecule is CCOC(=O)CC(c1ccc(F)cc1)C1CCN(C(=O)c2oc3ccccc3c2C)CC1. The summed E-state index contributed by atoms with van der Waals surface area (Å²) in [4.78, 5) is 27.2. The van der Waals surface area contributed by atoms with Crippen LogP contribution in [0.25, 0.3) is 11.0 Å². The van der Waals surface area contributed by atoms with E-state index in [1.165, 1.54) is 12.1 Å². The third kappa shape index (κ3) is 4.54. The maximum atomic E-state index is 13.4. The molecule has 0 bridgehead atoms. The van der Waals surface area contributed by atoms with Gasteiger partial charge in [-0.25, -0.2) is 4.39 Å². The van der Waals surface area contributed by atoms with E-state index in [9.17, 15) is 14.0 Å². The fourth-order valence-electron chi connectivity index (χ4n) is 4.69. The third-order valence-corrected chi connectivity index (χ3v) is 6.42. The highest BCUT2D eigenvalue weighted by atomic mass is 19.1. The average molecular weight is 438 g/mol. The summed E-state index contributed by atoms with van der Waals surface area (Å²) in [5.74, 6) is -0.124. The van der Waals surface area contributed by atoms with Gasteiger partial charge in [0.2, 0.25) is 0 Å². The second-order valence-electron chi connectivity index (χ2n) is 8.35. The Morgan fingerprint density at radius 1 is 1.12 bits per heavy atom. The molecule has 0 saturated carbocycles. The molecule has 0 aliphatic carbocycles. The zero-order valence-corrected chi connectivity index (χ0v) is 18.5. The standard InChI is InChI=1S/C26H28FNO4/c1-3-31-24(29)16-22(18-8-10-20(27)11-9-18)19-12-14-28(15-13-19)26(30)25-17(2)21-6-4-5-7-23(21)32-25/h4-11,19,22H,3,12-16H2,1-2H3. The van der Waals surface area contributed by atoms with Crippen molar-refractivity contribution in [2.45, 2.75) is 39.0 Å². The minimum absolute atomic E-state index is 0.0696. The predicted molar refractivity (Wildman–Crippen MR) is 120 cm³/mol. The fourth-order valence-corrected chi connectivity index (χ4v) is 4.69. The lowest BCUT2D eigenvalue weighted by Crippen LogP contribution is -2.40. The number of amides is 1. The Balaban J connectivity index is 1.48. The number of carbonyl (C=O) groups is 2. The van der Waals surface area contributed by atoms with Gasteiger partial charge in [0.05, 0.1) is 13.0 Å². The van der Waals surface area contributed by atoms with E-state index in [-0.39, 0.29) is 36.0 Å². The van der Waals surface area contributed by atoms with Gasteiger partial charge in [-0.2, -0.15) is 0 Å². The maximum absolute atomic E-state index is 13.4. The number of ether oxygens (including phenoxy) is 1. The van der Waals surface area contributed by atoms with Crippen LogP contribution in [0.1, 0.15) is 53.8 Å². The highest BCUT2D eigenvalue weighted by molar-refractivity contribution is 5.98. The molecule has 2 aromatic carbocycles. The van der Waals surface area contributed by atoms with Gasteiger partial charge in [0.1, 0.15) is 11.4 Å². The number of rotatable bonds is 6. The number of halogens is 1. The molecule has 4 rings (SSSR count).